The molecule has 21 heavy (non-hydrogen) atoms. The van der Waals surface area contributed by atoms with Crippen LogP contribution in [-0.2, 0) is 11.1 Å². The first-order chi connectivity index (χ1) is 10.1. The van der Waals surface area contributed by atoms with Crippen LogP contribution in [-0.4, -0.2) is 14.6 Å². The average molecular weight is 306 g/mol. The zero-order valence-electron chi connectivity index (χ0n) is 11.4. The number of rotatable bonds is 4. The molecule has 0 aliphatic heterocycles. The first-order valence-electron chi connectivity index (χ1n) is 6.40. The van der Waals surface area contributed by atoms with Crippen molar-refractivity contribution in [2.45, 2.75) is 18.2 Å². The zero-order chi connectivity index (χ0) is 15.2. The fourth-order valence-electron chi connectivity index (χ4n) is 1.79. The van der Waals surface area contributed by atoms with Gasteiger partial charge in [-0.15, -0.1) is 0 Å². The number of benzene rings is 2. The fraction of sp³-hybridized carbons (Fsp3) is 0.133. The van der Waals surface area contributed by atoms with Gasteiger partial charge >= 0.3 is 0 Å². The van der Waals surface area contributed by atoms with Gasteiger partial charge in [-0.2, -0.15) is 0 Å². The molecular formula is C15H15FN2O2S. The van der Waals surface area contributed by atoms with Gasteiger partial charge < -0.3 is 9.87 Å². The Morgan fingerprint density at radius 1 is 1.24 bits per heavy atom. The molecule has 0 aromatic heterocycles. The van der Waals surface area contributed by atoms with Crippen LogP contribution >= 0.6 is 0 Å². The highest BCUT2D eigenvalue weighted by Gasteiger charge is 2.14. The van der Waals surface area contributed by atoms with Crippen LogP contribution in [0.2, 0.25) is 0 Å². The molecule has 4 nitrogen and oxygen atoms in total. The Kier molecular flexibility index (Phi) is 5.19. The van der Waals surface area contributed by atoms with E-state index < -0.39 is 16.9 Å². The summed E-state index contributed by atoms with van der Waals surface area (Å²) in [6.45, 7) is 1.89. The second-order valence-electron chi connectivity index (χ2n) is 4.24. The Bertz CT molecular complexity index is 675. The number of nitrogens with one attached hydrogen (secondary N) is 1. The van der Waals surface area contributed by atoms with Crippen LogP contribution in [0.4, 0.5) is 15.8 Å². The molecular weight excluding hydrogens is 291 g/mol. The quantitative estimate of drug-likeness (QED) is 0.510. The summed E-state index contributed by atoms with van der Waals surface area (Å²) in [6.07, 6.45) is 0.572. The molecule has 0 fully saturated rings. The lowest BCUT2D eigenvalue weighted by molar-refractivity contribution is 0.545. The van der Waals surface area contributed by atoms with Gasteiger partial charge in [0.2, 0.25) is 0 Å². The lowest BCUT2D eigenvalue weighted by Gasteiger charge is -2.09. The van der Waals surface area contributed by atoms with Gasteiger partial charge in [-0.3, -0.25) is 0 Å². The van der Waals surface area contributed by atoms with Crippen molar-refractivity contribution in [1.29, 1.82) is 0 Å². The Hall–Kier alpha value is -2.05. The first-order valence-corrected chi connectivity index (χ1v) is 7.51. The number of hydrogen-bond acceptors (Lipinski definition) is 2. The molecule has 0 heterocycles. The summed E-state index contributed by atoms with van der Waals surface area (Å²) in [5.41, 5.74) is 0.997. The SMILES string of the molecule is CCC(=Nc1cccc(F)c1S(=O)O)Nc1ccccc1. The smallest absolute Gasteiger partial charge is 0.191 e. The number of nitrogens with zero attached hydrogens (tertiary/aromatic N) is 1. The van der Waals surface area contributed by atoms with E-state index in [0.29, 0.717) is 12.3 Å². The minimum absolute atomic E-state index is 0.149. The topological polar surface area (TPSA) is 61.7 Å². The predicted octanol–water partition coefficient (Wildman–Crippen LogP) is 3.96. The van der Waals surface area contributed by atoms with E-state index >= 15 is 0 Å². The monoisotopic (exact) mass is 306 g/mol. The van der Waals surface area contributed by atoms with Crippen molar-refractivity contribution in [2.75, 3.05) is 5.32 Å². The summed E-state index contributed by atoms with van der Waals surface area (Å²) in [5, 5.41) is 3.11. The Labute approximate surface area is 125 Å². The molecule has 110 valence electrons. The van der Waals surface area contributed by atoms with Crippen molar-refractivity contribution in [3.8, 4) is 0 Å². The molecule has 2 rings (SSSR count). The van der Waals surface area contributed by atoms with Crippen LogP contribution in [0.5, 0.6) is 0 Å². The minimum atomic E-state index is -2.43. The maximum Gasteiger partial charge on any atom is 0.191 e. The number of anilines is 1. The molecule has 2 aromatic carbocycles. The number of aliphatic imine (C=N–C) groups is 1. The van der Waals surface area contributed by atoms with Gasteiger partial charge in [-0.25, -0.2) is 13.6 Å². The lowest BCUT2D eigenvalue weighted by Crippen LogP contribution is -2.10. The van der Waals surface area contributed by atoms with E-state index in [1.807, 2.05) is 37.3 Å². The number of para-hydroxylation sites is 1. The molecule has 0 spiro atoms. The summed E-state index contributed by atoms with van der Waals surface area (Å²) >= 11 is -2.43. The van der Waals surface area contributed by atoms with E-state index in [9.17, 15) is 13.2 Å². The zero-order valence-corrected chi connectivity index (χ0v) is 12.2. The third-order valence-electron chi connectivity index (χ3n) is 2.77. The highest BCUT2D eigenvalue weighted by atomic mass is 32.2. The Morgan fingerprint density at radius 3 is 2.57 bits per heavy atom. The molecule has 2 N–H and O–H groups in total. The lowest BCUT2D eigenvalue weighted by atomic mass is 10.3. The van der Waals surface area contributed by atoms with Gasteiger partial charge in [-0.05, 0) is 24.3 Å². The molecule has 0 bridgehead atoms. The highest BCUT2D eigenvalue weighted by Crippen LogP contribution is 2.25. The molecule has 0 radical (unpaired) electrons. The van der Waals surface area contributed by atoms with E-state index in [-0.39, 0.29) is 10.6 Å². The number of amidine groups is 1. The van der Waals surface area contributed by atoms with Crippen molar-refractivity contribution >= 4 is 28.3 Å². The van der Waals surface area contributed by atoms with Crippen LogP contribution in [0.3, 0.4) is 0 Å². The summed E-state index contributed by atoms with van der Waals surface area (Å²) in [7, 11) is 0. The largest absolute Gasteiger partial charge is 0.344 e. The molecule has 0 amide bonds. The van der Waals surface area contributed by atoms with Crippen LogP contribution in [0.1, 0.15) is 13.3 Å². The van der Waals surface area contributed by atoms with Gasteiger partial charge in [0.15, 0.2) is 11.1 Å². The van der Waals surface area contributed by atoms with E-state index in [2.05, 4.69) is 10.3 Å². The molecule has 0 aliphatic rings. The van der Waals surface area contributed by atoms with Gasteiger partial charge in [0.1, 0.15) is 16.5 Å². The van der Waals surface area contributed by atoms with E-state index in [1.54, 1.807) is 0 Å². The standard InChI is InChI=1S/C15H15FN2O2S/c1-2-14(17-11-7-4-3-5-8-11)18-13-10-6-9-12(16)15(13)21(19)20/h3-10H,2H2,1H3,(H,17,18)(H,19,20). The van der Waals surface area contributed by atoms with Gasteiger partial charge in [-0.1, -0.05) is 31.2 Å². The maximum absolute atomic E-state index is 13.6. The molecule has 1 atom stereocenters. The third kappa shape index (κ3) is 3.96. The number of halogens is 1. The van der Waals surface area contributed by atoms with Gasteiger partial charge in [0.05, 0.1) is 5.69 Å². The third-order valence-corrected chi connectivity index (χ3v) is 3.53. The second-order valence-corrected chi connectivity index (χ2v) is 5.15. The minimum Gasteiger partial charge on any atom is -0.344 e. The molecule has 0 saturated carbocycles. The summed E-state index contributed by atoms with van der Waals surface area (Å²) in [6, 6.07) is 13.5. The van der Waals surface area contributed by atoms with Crippen molar-refractivity contribution in [3.05, 3.63) is 54.3 Å². The second kappa shape index (κ2) is 7.10. The number of hydrogen-bond donors (Lipinski definition) is 2. The van der Waals surface area contributed by atoms with E-state index in [4.69, 9.17) is 0 Å². The molecule has 2 aromatic rings. The summed E-state index contributed by atoms with van der Waals surface area (Å²) in [4.78, 5) is 3.96. The van der Waals surface area contributed by atoms with Gasteiger partial charge in [0, 0.05) is 12.1 Å². The van der Waals surface area contributed by atoms with Crippen molar-refractivity contribution in [3.63, 3.8) is 0 Å². The summed E-state index contributed by atoms with van der Waals surface area (Å²) < 4.78 is 34.1. The van der Waals surface area contributed by atoms with Crippen LogP contribution in [0, 0.1) is 5.82 Å². The normalized spacial score (nSPS) is 13.0. The van der Waals surface area contributed by atoms with Crippen LogP contribution in [0.15, 0.2) is 58.4 Å². The first kappa shape index (κ1) is 15.3. The van der Waals surface area contributed by atoms with Gasteiger partial charge in [0.25, 0.3) is 0 Å². The molecule has 0 saturated heterocycles. The fourth-order valence-corrected chi connectivity index (χ4v) is 2.31. The van der Waals surface area contributed by atoms with Crippen LogP contribution in [0.25, 0.3) is 0 Å². The highest BCUT2D eigenvalue weighted by molar-refractivity contribution is 7.79. The Morgan fingerprint density at radius 2 is 1.95 bits per heavy atom. The molecule has 6 heteroatoms. The predicted molar refractivity (Wildman–Crippen MR) is 82.9 cm³/mol. The average Bonchev–Trinajstić information content (AvgIpc) is 2.47. The molecule has 1 unspecified atom stereocenters. The van der Waals surface area contributed by atoms with Crippen molar-refractivity contribution in [1.82, 2.24) is 0 Å². The Balaban J connectivity index is 2.37. The van der Waals surface area contributed by atoms with Crippen molar-refractivity contribution < 1.29 is 13.2 Å². The van der Waals surface area contributed by atoms with E-state index in [1.165, 1.54) is 12.1 Å². The van der Waals surface area contributed by atoms with Crippen molar-refractivity contribution in [2.24, 2.45) is 4.99 Å². The van der Waals surface area contributed by atoms with E-state index in [0.717, 1.165) is 11.8 Å². The summed E-state index contributed by atoms with van der Waals surface area (Å²) in [5.74, 6) is -0.161. The molecule has 0 aliphatic carbocycles. The maximum atomic E-state index is 13.6. The van der Waals surface area contributed by atoms with Crippen LogP contribution < -0.4 is 5.32 Å².